The molecule has 5 heteroatoms. The van der Waals surface area contributed by atoms with E-state index in [0.29, 0.717) is 16.7 Å². The Hall–Kier alpha value is -1.41. The van der Waals surface area contributed by atoms with Gasteiger partial charge in [-0.3, -0.25) is 4.79 Å². The van der Waals surface area contributed by atoms with Gasteiger partial charge in [-0.25, -0.2) is 4.98 Å². The van der Waals surface area contributed by atoms with Crippen LogP contribution in [0.2, 0.25) is 0 Å². The number of nitrogens with zero attached hydrogens (tertiary/aromatic N) is 3. The van der Waals surface area contributed by atoms with Crippen LogP contribution in [0.4, 0.5) is 0 Å². The van der Waals surface area contributed by atoms with E-state index in [1.807, 2.05) is 0 Å². The summed E-state index contributed by atoms with van der Waals surface area (Å²) in [4.78, 5) is 17.5. The molecule has 0 bridgehead atoms. The first-order valence-corrected chi connectivity index (χ1v) is 5.61. The summed E-state index contributed by atoms with van der Waals surface area (Å²) in [6.45, 7) is 2.19. The Kier molecular flexibility index (Phi) is 4.44. The topological polar surface area (TPSA) is 57.0 Å². The average Bonchev–Trinajstić information content (AvgIpc) is 2.28. The second-order valence-electron chi connectivity index (χ2n) is 3.56. The predicted octanol–water partition coefficient (Wildman–Crippen LogP) is 2.08. The number of carbonyl (C=O) groups is 1. The number of rotatable bonds is 3. The van der Waals surface area contributed by atoms with E-state index < -0.39 is 0 Å². The van der Waals surface area contributed by atoms with Crippen LogP contribution in [0.25, 0.3) is 0 Å². The summed E-state index contributed by atoms with van der Waals surface area (Å²) < 4.78 is 0.525. The fraction of sp³-hybridized carbons (Fsp3) is 0.364. The Balaban J connectivity index is 2.80. The molecule has 1 atom stereocenters. The zero-order valence-corrected chi connectivity index (χ0v) is 10.7. The van der Waals surface area contributed by atoms with Crippen molar-refractivity contribution in [1.29, 1.82) is 5.26 Å². The summed E-state index contributed by atoms with van der Waals surface area (Å²) in [5, 5.41) is 8.68. The van der Waals surface area contributed by atoms with Crippen molar-refractivity contribution < 1.29 is 4.79 Å². The minimum atomic E-state index is -0.176. The summed E-state index contributed by atoms with van der Waals surface area (Å²) in [7, 11) is 1.68. The molecule has 0 N–H and O–H groups in total. The molecule has 0 spiro atoms. The van der Waals surface area contributed by atoms with Crippen LogP contribution < -0.4 is 0 Å². The molecule has 0 aliphatic heterocycles. The SMILES string of the molecule is CC(C#N)CN(C)C(=O)c1cccnc1Br. The van der Waals surface area contributed by atoms with Gasteiger partial charge in [0.1, 0.15) is 4.60 Å². The molecular formula is C11H12BrN3O. The standard InChI is InChI=1S/C11H12BrN3O/c1-8(6-13)7-15(2)11(16)9-4-3-5-14-10(9)12/h3-5,8H,7H2,1-2H3. The van der Waals surface area contributed by atoms with Gasteiger partial charge >= 0.3 is 0 Å². The molecule has 16 heavy (non-hydrogen) atoms. The molecule has 0 aliphatic carbocycles. The number of aromatic nitrogens is 1. The highest BCUT2D eigenvalue weighted by Gasteiger charge is 2.16. The van der Waals surface area contributed by atoms with Crippen molar-refractivity contribution in [1.82, 2.24) is 9.88 Å². The van der Waals surface area contributed by atoms with Gasteiger partial charge in [0.25, 0.3) is 5.91 Å². The number of pyridine rings is 1. The first-order valence-electron chi connectivity index (χ1n) is 4.82. The van der Waals surface area contributed by atoms with Crippen LogP contribution in [0.5, 0.6) is 0 Å². The monoisotopic (exact) mass is 281 g/mol. The smallest absolute Gasteiger partial charge is 0.256 e. The van der Waals surface area contributed by atoms with Gasteiger partial charge in [-0.1, -0.05) is 0 Å². The van der Waals surface area contributed by atoms with Crippen molar-refractivity contribution in [3.8, 4) is 6.07 Å². The summed E-state index contributed by atoms with van der Waals surface area (Å²) in [5.74, 6) is -0.313. The Morgan fingerprint density at radius 2 is 2.44 bits per heavy atom. The van der Waals surface area contributed by atoms with Crippen molar-refractivity contribution in [2.45, 2.75) is 6.92 Å². The number of carbonyl (C=O) groups excluding carboxylic acids is 1. The van der Waals surface area contributed by atoms with Crippen molar-refractivity contribution in [2.75, 3.05) is 13.6 Å². The highest BCUT2D eigenvalue weighted by molar-refractivity contribution is 9.10. The van der Waals surface area contributed by atoms with E-state index >= 15 is 0 Å². The Labute approximate surface area is 103 Å². The van der Waals surface area contributed by atoms with E-state index in [1.165, 1.54) is 4.90 Å². The minimum absolute atomic E-state index is 0.137. The van der Waals surface area contributed by atoms with Gasteiger partial charge in [0, 0.05) is 19.8 Å². The molecule has 0 saturated carbocycles. The van der Waals surface area contributed by atoms with Crippen LogP contribution in [0.3, 0.4) is 0 Å². The normalized spacial score (nSPS) is 11.6. The molecule has 4 nitrogen and oxygen atoms in total. The molecule has 0 fully saturated rings. The third kappa shape index (κ3) is 3.04. The summed E-state index contributed by atoms with van der Waals surface area (Å²) >= 11 is 3.22. The van der Waals surface area contributed by atoms with Gasteiger partial charge in [-0.05, 0) is 35.0 Å². The van der Waals surface area contributed by atoms with Crippen LogP contribution in [-0.4, -0.2) is 29.4 Å². The highest BCUT2D eigenvalue weighted by Crippen LogP contribution is 2.14. The molecular weight excluding hydrogens is 270 g/mol. The largest absolute Gasteiger partial charge is 0.340 e. The van der Waals surface area contributed by atoms with Crippen molar-refractivity contribution in [3.63, 3.8) is 0 Å². The lowest BCUT2D eigenvalue weighted by molar-refractivity contribution is 0.0783. The molecule has 1 heterocycles. The molecule has 1 rings (SSSR count). The number of hydrogen-bond donors (Lipinski definition) is 0. The van der Waals surface area contributed by atoms with Crippen LogP contribution in [0.1, 0.15) is 17.3 Å². The maximum atomic E-state index is 12.0. The molecule has 1 aromatic rings. The van der Waals surface area contributed by atoms with E-state index in [0.717, 1.165) is 0 Å². The predicted molar refractivity (Wildman–Crippen MR) is 63.7 cm³/mol. The molecule has 1 aromatic heterocycles. The lowest BCUT2D eigenvalue weighted by Gasteiger charge is -2.18. The van der Waals surface area contributed by atoms with Gasteiger partial charge in [-0.2, -0.15) is 5.26 Å². The maximum Gasteiger partial charge on any atom is 0.256 e. The average molecular weight is 282 g/mol. The van der Waals surface area contributed by atoms with E-state index in [-0.39, 0.29) is 11.8 Å². The second kappa shape index (κ2) is 5.61. The summed E-state index contributed by atoms with van der Waals surface area (Å²) in [5.41, 5.74) is 0.509. The number of halogens is 1. The van der Waals surface area contributed by atoms with Crippen molar-refractivity contribution >= 4 is 21.8 Å². The van der Waals surface area contributed by atoms with Gasteiger partial charge in [0.2, 0.25) is 0 Å². The number of nitriles is 1. The quantitative estimate of drug-likeness (QED) is 0.797. The molecule has 0 saturated heterocycles. The maximum absolute atomic E-state index is 12.0. The highest BCUT2D eigenvalue weighted by atomic mass is 79.9. The Morgan fingerprint density at radius 1 is 1.75 bits per heavy atom. The lowest BCUT2D eigenvalue weighted by atomic mass is 10.2. The van der Waals surface area contributed by atoms with E-state index in [2.05, 4.69) is 27.0 Å². The van der Waals surface area contributed by atoms with E-state index in [4.69, 9.17) is 5.26 Å². The molecule has 0 radical (unpaired) electrons. The van der Waals surface area contributed by atoms with Gasteiger partial charge in [0.05, 0.1) is 17.6 Å². The lowest BCUT2D eigenvalue weighted by Crippen LogP contribution is -2.31. The van der Waals surface area contributed by atoms with Gasteiger partial charge < -0.3 is 4.90 Å². The zero-order valence-electron chi connectivity index (χ0n) is 9.14. The summed E-state index contributed by atoms with van der Waals surface area (Å²) in [6, 6.07) is 5.50. The van der Waals surface area contributed by atoms with Crippen LogP contribution in [0, 0.1) is 17.2 Å². The fourth-order valence-corrected chi connectivity index (χ4v) is 1.71. The summed E-state index contributed by atoms with van der Waals surface area (Å²) in [6.07, 6.45) is 1.61. The molecule has 1 unspecified atom stereocenters. The van der Waals surface area contributed by atoms with Crippen LogP contribution >= 0.6 is 15.9 Å². The van der Waals surface area contributed by atoms with Gasteiger partial charge in [0.15, 0.2) is 0 Å². The van der Waals surface area contributed by atoms with Crippen molar-refractivity contribution in [2.24, 2.45) is 5.92 Å². The first kappa shape index (κ1) is 12.7. The Bertz CT molecular complexity index is 427. The fourth-order valence-electron chi connectivity index (χ4n) is 1.29. The number of hydrogen-bond acceptors (Lipinski definition) is 3. The zero-order chi connectivity index (χ0) is 12.1. The molecule has 0 aliphatic rings. The molecule has 0 aromatic carbocycles. The third-order valence-electron chi connectivity index (χ3n) is 2.10. The third-order valence-corrected chi connectivity index (χ3v) is 2.74. The van der Waals surface area contributed by atoms with E-state index in [9.17, 15) is 4.79 Å². The molecule has 1 amide bonds. The number of amides is 1. The van der Waals surface area contributed by atoms with Crippen molar-refractivity contribution in [3.05, 3.63) is 28.5 Å². The van der Waals surface area contributed by atoms with Gasteiger partial charge in [-0.15, -0.1) is 0 Å². The minimum Gasteiger partial charge on any atom is -0.340 e. The second-order valence-corrected chi connectivity index (χ2v) is 4.31. The Morgan fingerprint density at radius 3 is 3.00 bits per heavy atom. The van der Waals surface area contributed by atoms with Crippen LogP contribution in [-0.2, 0) is 0 Å². The molecule has 84 valence electrons. The van der Waals surface area contributed by atoms with Crippen LogP contribution in [0.15, 0.2) is 22.9 Å². The van der Waals surface area contributed by atoms with E-state index in [1.54, 1.807) is 32.3 Å². The first-order chi connectivity index (χ1) is 7.56.